The van der Waals surface area contributed by atoms with E-state index in [9.17, 15) is 9.59 Å². The van der Waals surface area contributed by atoms with Gasteiger partial charge in [-0.2, -0.15) is 0 Å². The normalized spacial score (nSPS) is 16.5. The van der Waals surface area contributed by atoms with Gasteiger partial charge in [0.05, 0.1) is 19.4 Å². The van der Waals surface area contributed by atoms with Gasteiger partial charge in [-0.1, -0.05) is 12.1 Å². The number of hydrogen-bond donors (Lipinski definition) is 2. The molecule has 3 N–H and O–H groups in total. The second kappa shape index (κ2) is 8.65. The van der Waals surface area contributed by atoms with E-state index in [1.165, 1.54) is 7.11 Å². The van der Waals surface area contributed by atoms with Crippen LogP contribution in [0.3, 0.4) is 0 Å². The van der Waals surface area contributed by atoms with Crippen LogP contribution in [-0.2, 0) is 14.3 Å². The molecule has 7 heteroatoms. The van der Waals surface area contributed by atoms with Gasteiger partial charge in [0.25, 0.3) is 0 Å². The molecule has 24 heavy (non-hydrogen) atoms. The first-order valence-electron chi connectivity index (χ1n) is 8.04. The molecule has 7 nitrogen and oxygen atoms in total. The molecule has 1 fully saturated rings. The Kier molecular flexibility index (Phi) is 6.57. The summed E-state index contributed by atoms with van der Waals surface area (Å²) in [6.07, 6.45) is 1.23. The zero-order valence-corrected chi connectivity index (χ0v) is 14.2. The summed E-state index contributed by atoms with van der Waals surface area (Å²) >= 11 is 0. The molecule has 0 bridgehead atoms. The zero-order chi connectivity index (χ0) is 17.5. The Hall–Kier alpha value is -2.12. The predicted molar refractivity (Wildman–Crippen MR) is 90.8 cm³/mol. The van der Waals surface area contributed by atoms with Crippen LogP contribution in [0.5, 0.6) is 5.75 Å². The van der Waals surface area contributed by atoms with Crippen LogP contribution in [0, 0.1) is 5.92 Å². The Morgan fingerprint density at radius 1 is 1.29 bits per heavy atom. The van der Waals surface area contributed by atoms with Gasteiger partial charge in [0.15, 0.2) is 0 Å². The van der Waals surface area contributed by atoms with Crippen molar-refractivity contribution in [2.75, 3.05) is 39.2 Å². The number of carbonyl (C=O) groups is 2. The van der Waals surface area contributed by atoms with Crippen LogP contribution in [0.25, 0.3) is 0 Å². The highest BCUT2D eigenvalue weighted by molar-refractivity contribution is 5.94. The molecule has 1 aromatic carbocycles. The van der Waals surface area contributed by atoms with Crippen molar-refractivity contribution in [3.8, 4) is 5.75 Å². The molecule has 132 valence electrons. The van der Waals surface area contributed by atoms with Crippen molar-refractivity contribution in [1.82, 2.24) is 4.90 Å². The number of methoxy groups -OCH3 is 2. The Morgan fingerprint density at radius 2 is 1.96 bits per heavy atom. The van der Waals surface area contributed by atoms with Crippen molar-refractivity contribution >= 4 is 17.5 Å². The topological polar surface area (TPSA) is 93.9 Å². The van der Waals surface area contributed by atoms with Gasteiger partial charge in [-0.3, -0.25) is 9.59 Å². The number of amides is 2. The number of likely N-dealkylation sites (tertiary alicyclic amines) is 1. The lowest BCUT2D eigenvalue weighted by Gasteiger charge is -2.32. The smallest absolute Gasteiger partial charge is 0.241 e. The predicted octanol–water partition coefficient (Wildman–Crippen LogP) is 0.846. The molecule has 1 saturated heterocycles. The molecule has 1 atom stereocenters. The standard InChI is InChI=1S/C17H25N3O4/c1-23-11-13(18)17(22)20-9-7-12(8-10-20)16(21)19-14-5-3-4-6-15(14)24-2/h3-6,12-13H,7-11,18H2,1-2H3,(H,19,21). The number of nitrogens with two attached hydrogens (primary N) is 1. The van der Waals surface area contributed by atoms with Crippen LogP contribution in [0.2, 0.25) is 0 Å². The van der Waals surface area contributed by atoms with E-state index in [-0.39, 0.29) is 24.3 Å². The van der Waals surface area contributed by atoms with Gasteiger partial charge >= 0.3 is 0 Å². The SMILES string of the molecule is COCC(N)C(=O)N1CCC(C(=O)Nc2ccccc2OC)CC1. The number of para-hydroxylation sites is 2. The van der Waals surface area contributed by atoms with Gasteiger partial charge in [0.2, 0.25) is 11.8 Å². The fourth-order valence-electron chi connectivity index (χ4n) is 2.83. The summed E-state index contributed by atoms with van der Waals surface area (Å²) in [5.74, 6) is 0.329. The fraction of sp³-hybridized carbons (Fsp3) is 0.529. The summed E-state index contributed by atoms with van der Waals surface area (Å²) in [6, 6.07) is 6.65. The average Bonchev–Trinajstić information content (AvgIpc) is 2.61. The molecule has 0 radical (unpaired) electrons. The first-order valence-corrected chi connectivity index (χ1v) is 8.04. The Bertz CT molecular complexity index is 571. The van der Waals surface area contributed by atoms with Gasteiger partial charge in [-0.05, 0) is 25.0 Å². The highest BCUT2D eigenvalue weighted by Gasteiger charge is 2.29. The van der Waals surface area contributed by atoms with Crippen LogP contribution in [0.1, 0.15) is 12.8 Å². The van der Waals surface area contributed by atoms with E-state index in [4.69, 9.17) is 15.2 Å². The van der Waals surface area contributed by atoms with Crippen LogP contribution < -0.4 is 15.8 Å². The third-order valence-corrected chi connectivity index (χ3v) is 4.21. The fourth-order valence-corrected chi connectivity index (χ4v) is 2.83. The molecular weight excluding hydrogens is 310 g/mol. The quantitative estimate of drug-likeness (QED) is 0.804. The van der Waals surface area contributed by atoms with E-state index in [1.54, 1.807) is 24.1 Å². The van der Waals surface area contributed by atoms with E-state index < -0.39 is 6.04 Å². The molecule has 0 saturated carbocycles. The summed E-state index contributed by atoms with van der Waals surface area (Å²) in [5.41, 5.74) is 6.44. The monoisotopic (exact) mass is 335 g/mol. The lowest BCUT2D eigenvalue weighted by molar-refractivity contribution is -0.136. The van der Waals surface area contributed by atoms with Crippen LogP contribution in [-0.4, -0.2) is 56.7 Å². The van der Waals surface area contributed by atoms with Crippen molar-refractivity contribution < 1.29 is 19.1 Å². The van der Waals surface area contributed by atoms with Gasteiger partial charge in [0, 0.05) is 26.1 Å². The molecule has 1 heterocycles. The van der Waals surface area contributed by atoms with Crippen molar-refractivity contribution in [2.45, 2.75) is 18.9 Å². The summed E-state index contributed by atoms with van der Waals surface area (Å²) in [7, 11) is 3.08. The van der Waals surface area contributed by atoms with Crippen molar-refractivity contribution in [1.29, 1.82) is 0 Å². The molecule has 0 aliphatic carbocycles. The molecule has 2 amide bonds. The number of hydrogen-bond acceptors (Lipinski definition) is 5. The van der Waals surface area contributed by atoms with Crippen molar-refractivity contribution in [3.63, 3.8) is 0 Å². The molecule has 1 aliphatic rings. The Labute approximate surface area is 142 Å². The molecule has 1 aliphatic heterocycles. The largest absolute Gasteiger partial charge is 0.495 e. The average molecular weight is 335 g/mol. The molecule has 0 spiro atoms. The molecule has 1 aromatic rings. The van der Waals surface area contributed by atoms with Crippen molar-refractivity contribution in [2.24, 2.45) is 11.7 Å². The minimum atomic E-state index is -0.644. The van der Waals surface area contributed by atoms with E-state index in [1.807, 2.05) is 12.1 Å². The zero-order valence-electron chi connectivity index (χ0n) is 14.2. The van der Waals surface area contributed by atoms with Gasteiger partial charge in [0.1, 0.15) is 11.8 Å². The number of benzene rings is 1. The van der Waals surface area contributed by atoms with Gasteiger partial charge in [-0.25, -0.2) is 0 Å². The number of piperidine rings is 1. The van der Waals surface area contributed by atoms with E-state index in [2.05, 4.69) is 5.32 Å². The maximum absolute atomic E-state index is 12.4. The second-order valence-corrected chi connectivity index (χ2v) is 5.85. The minimum Gasteiger partial charge on any atom is -0.495 e. The highest BCUT2D eigenvalue weighted by Crippen LogP contribution is 2.25. The maximum Gasteiger partial charge on any atom is 0.241 e. The maximum atomic E-state index is 12.4. The summed E-state index contributed by atoms with van der Waals surface area (Å²) in [6.45, 7) is 1.26. The lowest BCUT2D eigenvalue weighted by atomic mass is 9.95. The Morgan fingerprint density at radius 3 is 2.58 bits per heavy atom. The summed E-state index contributed by atoms with van der Waals surface area (Å²) in [5, 5.41) is 2.91. The molecular formula is C17H25N3O4. The first-order chi connectivity index (χ1) is 11.6. The third kappa shape index (κ3) is 4.46. The number of nitrogens with zero attached hydrogens (tertiary/aromatic N) is 1. The number of carbonyl (C=O) groups excluding carboxylic acids is 2. The van der Waals surface area contributed by atoms with E-state index >= 15 is 0 Å². The first kappa shape index (κ1) is 18.2. The summed E-state index contributed by atoms with van der Waals surface area (Å²) < 4.78 is 10.2. The summed E-state index contributed by atoms with van der Waals surface area (Å²) in [4.78, 5) is 26.3. The van der Waals surface area contributed by atoms with Crippen LogP contribution >= 0.6 is 0 Å². The highest BCUT2D eigenvalue weighted by atomic mass is 16.5. The number of anilines is 1. The number of rotatable bonds is 6. The van der Waals surface area contributed by atoms with E-state index in [0.29, 0.717) is 37.4 Å². The van der Waals surface area contributed by atoms with Crippen LogP contribution in [0.4, 0.5) is 5.69 Å². The second-order valence-electron chi connectivity index (χ2n) is 5.85. The Balaban J connectivity index is 1.87. The number of nitrogens with one attached hydrogen (secondary N) is 1. The molecule has 2 rings (SSSR count). The van der Waals surface area contributed by atoms with Crippen LogP contribution in [0.15, 0.2) is 24.3 Å². The number of ether oxygens (including phenoxy) is 2. The molecule has 0 aromatic heterocycles. The minimum absolute atomic E-state index is 0.0483. The van der Waals surface area contributed by atoms with Gasteiger partial charge < -0.3 is 25.4 Å². The third-order valence-electron chi connectivity index (χ3n) is 4.21. The molecule has 1 unspecified atom stereocenters. The van der Waals surface area contributed by atoms with Gasteiger partial charge in [-0.15, -0.1) is 0 Å². The lowest BCUT2D eigenvalue weighted by Crippen LogP contribution is -2.49. The van der Waals surface area contributed by atoms with E-state index in [0.717, 1.165) is 0 Å². The van der Waals surface area contributed by atoms with Crippen molar-refractivity contribution in [3.05, 3.63) is 24.3 Å².